The second kappa shape index (κ2) is 11.0. The molecule has 0 unspecified atom stereocenters. The van der Waals surface area contributed by atoms with E-state index in [1.165, 1.54) is 16.7 Å². The van der Waals surface area contributed by atoms with Gasteiger partial charge < -0.3 is 10.2 Å². The van der Waals surface area contributed by atoms with Gasteiger partial charge in [0.15, 0.2) is 4.80 Å². The van der Waals surface area contributed by atoms with E-state index in [0.29, 0.717) is 39.4 Å². The van der Waals surface area contributed by atoms with Crippen molar-refractivity contribution in [2.24, 2.45) is 4.99 Å². The highest BCUT2D eigenvalue weighted by molar-refractivity contribution is 7.07. The molecule has 0 saturated carbocycles. The molecule has 1 atom stereocenters. The Labute approximate surface area is 255 Å². The highest BCUT2D eigenvalue weighted by Crippen LogP contribution is 2.36. The molecule has 0 fully saturated rings. The number of hydrogen-bond donors (Lipinski definition) is 1. The quantitative estimate of drug-likeness (QED) is 0.311. The van der Waals surface area contributed by atoms with E-state index in [9.17, 15) is 18.8 Å². The molecule has 1 aromatic heterocycles. The smallest absolute Gasteiger partial charge is 0.271 e. The van der Waals surface area contributed by atoms with Gasteiger partial charge in [0.1, 0.15) is 10.3 Å². The third-order valence-corrected chi connectivity index (χ3v) is 8.85. The van der Waals surface area contributed by atoms with Crippen molar-refractivity contribution < 1.29 is 14.0 Å². The minimum Gasteiger partial charge on any atom is -0.322 e. The van der Waals surface area contributed by atoms with Crippen LogP contribution in [0.25, 0.3) is 5.57 Å². The van der Waals surface area contributed by atoms with Gasteiger partial charge in [-0.25, -0.2) is 9.38 Å². The zero-order chi connectivity index (χ0) is 30.4. The zero-order valence-electron chi connectivity index (χ0n) is 23.5. The number of carbonyl (C=O) groups is 2. The normalized spacial score (nSPS) is 16.8. The van der Waals surface area contributed by atoms with Gasteiger partial charge in [0.05, 0.1) is 35.1 Å². The fourth-order valence-electron chi connectivity index (χ4n) is 5.76. The van der Waals surface area contributed by atoms with Gasteiger partial charge in [0, 0.05) is 11.3 Å². The van der Waals surface area contributed by atoms with Crippen LogP contribution in [0, 0.1) is 5.82 Å². The van der Waals surface area contributed by atoms with Crippen LogP contribution in [-0.2, 0) is 16.1 Å². The lowest BCUT2D eigenvalue weighted by atomic mass is 9.95. The number of allylic oxidation sites excluding steroid dienone is 1. The molecular formula is C35H25FN4O3S. The Hall–Kier alpha value is -5.41. The Morgan fingerprint density at radius 1 is 0.886 bits per heavy atom. The number of halogens is 1. The third-order valence-electron chi connectivity index (χ3n) is 7.79. The molecule has 0 aliphatic carbocycles. The summed E-state index contributed by atoms with van der Waals surface area (Å²) in [7, 11) is 0. The molecule has 3 heterocycles. The molecule has 0 bridgehead atoms. The molecule has 2 aliphatic heterocycles. The predicted octanol–water partition coefficient (Wildman–Crippen LogP) is 4.93. The number of hydrogen-bond acceptors (Lipinski definition) is 5. The standard InChI is InChI=1S/C35H25FN4O3S/c1-21-28(32(41)38-25-12-6-3-7-13-25)30(23-16-18-24(36)19-17-23)40-34(43)31(44-35(40)37-21)29-26-14-8-9-15-27(26)39(33(29)42)20-22-10-4-2-5-11-22/h2-19,30H,20H2,1H3,(H,38,41)/b31-29-/t30-/m0/s1. The van der Waals surface area contributed by atoms with E-state index < -0.39 is 23.3 Å². The molecule has 1 N–H and O–H groups in total. The van der Waals surface area contributed by atoms with E-state index in [2.05, 4.69) is 5.32 Å². The number of carbonyl (C=O) groups excluding carboxylic acids is 2. The molecule has 0 spiro atoms. The molecule has 5 aromatic rings. The number of nitrogens with one attached hydrogen (secondary N) is 1. The van der Waals surface area contributed by atoms with E-state index in [-0.39, 0.29) is 16.0 Å². The van der Waals surface area contributed by atoms with Gasteiger partial charge in [-0.2, -0.15) is 0 Å². The van der Waals surface area contributed by atoms with Crippen LogP contribution in [-0.4, -0.2) is 16.4 Å². The summed E-state index contributed by atoms with van der Waals surface area (Å²) >= 11 is 1.12. The molecule has 2 amide bonds. The summed E-state index contributed by atoms with van der Waals surface area (Å²) in [5.74, 6) is -1.15. The molecule has 0 radical (unpaired) electrons. The van der Waals surface area contributed by atoms with Crippen molar-refractivity contribution in [1.29, 1.82) is 0 Å². The summed E-state index contributed by atoms with van der Waals surface area (Å²) in [6, 6.07) is 30.9. The van der Waals surface area contributed by atoms with Crippen molar-refractivity contribution in [3.8, 4) is 0 Å². The molecule has 4 aromatic carbocycles. The monoisotopic (exact) mass is 600 g/mol. The lowest BCUT2D eigenvalue weighted by Gasteiger charge is -2.25. The van der Waals surface area contributed by atoms with Crippen LogP contribution < -0.4 is 25.1 Å². The topological polar surface area (TPSA) is 83.8 Å². The number of nitrogens with zero attached hydrogens (tertiary/aromatic N) is 3. The maximum absolute atomic E-state index is 14.4. The Morgan fingerprint density at radius 2 is 1.55 bits per heavy atom. The van der Waals surface area contributed by atoms with E-state index in [1.54, 1.807) is 36.1 Å². The summed E-state index contributed by atoms with van der Waals surface area (Å²) in [6.07, 6.45) is 0. The molecule has 7 nitrogen and oxygen atoms in total. The van der Waals surface area contributed by atoms with Crippen LogP contribution in [0.15, 0.2) is 130 Å². The average Bonchev–Trinajstić information content (AvgIpc) is 3.49. The maximum atomic E-state index is 14.4. The fraction of sp³-hybridized carbons (Fsp3) is 0.0857. The van der Waals surface area contributed by atoms with Crippen molar-refractivity contribution in [1.82, 2.24) is 4.57 Å². The van der Waals surface area contributed by atoms with E-state index in [4.69, 9.17) is 4.99 Å². The van der Waals surface area contributed by atoms with Gasteiger partial charge in [-0.15, -0.1) is 0 Å². The largest absolute Gasteiger partial charge is 0.322 e. The van der Waals surface area contributed by atoms with Crippen molar-refractivity contribution in [2.75, 3.05) is 10.2 Å². The minimum atomic E-state index is -0.892. The summed E-state index contributed by atoms with van der Waals surface area (Å²) < 4.78 is 15.7. The fourth-order valence-corrected chi connectivity index (χ4v) is 6.90. The predicted molar refractivity (Wildman–Crippen MR) is 168 cm³/mol. The van der Waals surface area contributed by atoms with Crippen LogP contribution in [0.4, 0.5) is 15.8 Å². The first-order valence-corrected chi connectivity index (χ1v) is 14.8. The van der Waals surface area contributed by atoms with Gasteiger partial charge in [-0.1, -0.05) is 90.2 Å². The Morgan fingerprint density at radius 3 is 2.27 bits per heavy atom. The maximum Gasteiger partial charge on any atom is 0.271 e. The molecule has 7 rings (SSSR count). The third kappa shape index (κ3) is 4.67. The highest BCUT2D eigenvalue weighted by atomic mass is 32.1. The second-order valence-corrected chi connectivity index (χ2v) is 11.5. The number of fused-ring (bicyclic) bond motifs is 2. The summed E-state index contributed by atoms with van der Waals surface area (Å²) in [6.45, 7) is 2.06. The highest BCUT2D eigenvalue weighted by Gasteiger charge is 2.37. The first-order valence-electron chi connectivity index (χ1n) is 14.0. The molecule has 44 heavy (non-hydrogen) atoms. The van der Waals surface area contributed by atoms with Crippen molar-refractivity contribution in [3.63, 3.8) is 0 Å². The number of thiazole rings is 1. The number of benzene rings is 4. The Balaban J connectivity index is 1.41. The van der Waals surface area contributed by atoms with E-state index >= 15 is 0 Å². The van der Waals surface area contributed by atoms with Gasteiger partial charge in [0.2, 0.25) is 0 Å². The van der Waals surface area contributed by atoms with E-state index in [0.717, 1.165) is 22.6 Å². The molecule has 0 saturated heterocycles. The summed E-state index contributed by atoms with van der Waals surface area (Å²) in [5, 5.41) is 2.91. The number of aromatic nitrogens is 1. The van der Waals surface area contributed by atoms with Gasteiger partial charge in [-0.05, 0) is 48.4 Å². The van der Waals surface area contributed by atoms with E-state index in [1.807, 2.05) is 72.8 Å². The van der Waals surface area contributed by atoms with Crippen LogP contribution >= 0.6 is 11.3 Å². The lowest BCUT2D eigenvalue weighted by Crippen LogP contribution is -2.41. The minimum absolute atomic E-state index is 0.237. The second-order valence-electron chi connectivity index (χ2n) is 10.5. The lowest BCUT2D eigenvalue weighted by molar-refractivity contribution is -0.114. The molecular weight excluding hydrogens is 575 g/mol. The number of anilines is 2. The first kappa shape index (κ1) is 27.4. The molecule has 216 valence electrons. The number of rotatable bonds is 5. The van der Waals surface area contributed by atoms with Crippen molar-refractivity contribution in [3.05, 3.63) is 163 Å². The number of para-hydroxylation sites is 2. The summed E-state index contributed by atoms with van der Waals surface area (Å²) in [5.41, 5.74) is 4.00. The molecule has 9 heteroatoms. The van der Waals surface area contributed by atoms with Crippen LogP contribution in [0.1, 0.15) is 29.7 Å². The van der Waals surface area contributed by atoms with Crippen molar-refractivity contribution >= 4 is 40.1 Å². The van der Waals surface area contributed by atoms with Gasteiger partial charge in [-0.3, -0.25) is 19.0 Å². The molecule has 2 aliphatic rings. The zero-order valence-corrected chi connectivity index (χ0v) is 24.3. The number of amides is 2. The van der Waals surface area contributed by atoms with Gasteiger partial charge in [0.25, 0.3) is 17.4 Å². The Kier molecular flexibility index (Phi) is 6.87. The average molecular weight is 601 g/mol. The van der Waals surface area contributed by atoms with Crippen molar-refractivity contribution in [2.45, 2.75) is 19.5 Å². The SMILES string of the molecule is CC1=C(C(=O)Nc2ccccc2)[C@H](c2ccc(F)cc2)n2c(s/c(=C3\C(=O)N(Cc4ccccc4)c4ccccc43)c2=O)=N1. The van der Waals surface area contributed by atoms with Crippen LogP contribution in [0.5, 0.6) is 0 Å². The van der Waals surface area contributed by atoms with Crippen LogP contribution in [0.2, 0.25) is 0 Å². The summed E-state index contributed by atoms with van der Waals surface area (Å²) in [4.78, 5) is 49.0. The van der Waals surface area contributed by atoms with Gasteiger partial charge >= 0.3 is 0 Å². The van der Waals surface area contributed by atoms with Crippen LogP contribution in [0.3, 0.4) is 0 Å². The Bertz CT molecular complexity index is 2150. The first-order chi connectivity index (χ1) is 21.4.